The second-order valence-electron chi connectivity index (χ2n) is 3.50. The smallest absolute Gasteiger partial charge is 0.328 e. The quantitative estimate of drug-likeness (QED) is 0.450. The minimum Gasteiger partial charge on any atom is -0.340 e. The minimum atomic E-state index is -0.282. The summed E-state index contributed by atoms with van der Waals surface area (Å²) >= 11 is 0. The van der Waals surface area contributed by atoms with Gasteiger partial charge in [0.2, 0.25) is 5.91 Å². The summed E-state index contributed by atoms with van der Waals surface area (Å²) in [6.45, 7) is 3.88. The third-order valence-electron chi connectivity index (χ3n) is 2.41. The maximum Gasteiger partial charge on any atom is 0.328 e. The van der Waals surface area contributed by atoms with Crippen LogP contribution in [0.4, 0.5) is 0 Å². The summed E-state index contributed by atoms with van der Waals surface area (Å²) in [4.78, 5) is 22.6. The monoisotopic (exact) mass is 236 g/mol. The molecule has 1 heterocycles. The van der Waals surface area contributed by atoms with Gasteiger partial charge in [-0.2, -0.15) is 0 Å². The molecule has 6 heteroatoms. The van der Waals surface area contributed by atoms with Crippen molar-refractivity contribution in [3.05, 3.63) is 33.3 Å². The van der Waals surface area contributed by atoms with E-state index < -0.39 is 0 Å². The number of nitrogens with zero attached hydrogens (tertiary/aromatic N) is 2. The molecule has 0 saturated carbocycles. The summed E-state index contributed by atoms with van der Waals surface area (Å²) in [5.41, 5.74) is 5.00. The number of hydrogen-bond acceptors (Lipinski definition) is 3. The number of nitrogens with one attached hydrogen (secondary N) is 1. The molecule has 0 radical (unpaired) electrons. The summed E-state index contributed by atoms with van der Waals surface area (Å²) < 4.78 is 2.91. The average molecular weight is 236 g/mol. The van der Waals surface area contributed by atoms with Gasteiger partial charge in [0.05, 0.1) is 17.4 Å². The fourth-order valence-corrected chi connectivity index (χ4v) is 1.40. The Morgan fingerprint density at radius 3 is 2.59 bits per heavy atom. The molecule has 0 aromatic carbocycles. The van der Waals surface area contributed by atoms with E-state index in [0.29, 0.717) is 10.7 Å². The predicted molar refractivity (Wildman–Crippen MR) is 66.2 cm³/mol. The van der Waals surface area contributed by atoms with Gasteiger partial charge in [0.1, 0.15) is 0 Å². The number of imidazole rings is 1. The number of carbonyl (C=O) groups excluding carboxylic acids is 1. The molecular weight excluding hydrogens is 220 g/mol. The van der Waals surface area contributed by atoms with Crippen molar-refractivity contribution in [3.63, 3.8) is 0 Å². The van der Waals surface area contributed by atoms with E-state index >= 15 is 0 Å². The molecule has 0 atom stereocenters. The van der Waals surface area contributed by atoms with Gasteiger partial charge in [-0.25, -0.2) is 4.79 Å². The van der Waals surface area contributed by atoms with E-state index in [1.807, 2.05) is 0 Å². The first-order valence-electron chi connectivity index (χ1n) is 5.06. The molecule has 92 valence electrons. The van der Waals surface area contributed by atoms with Crippen LogP contribution in [0.2, 0.25) is 0 Å². The molecule has 1 aromatic heterocycles. The molecule has 0 fully saturated rings. The Morgan fingerprint density at radius 1 is 1.47 bits per heavy atom. The number of carbonyl (C=O) groups is 1. The molecule has 1 aromatic rings. The lowest BCUT2D eigenvalue weighted by molar-refractivity contribution is -0.116. The highest BCUT2D eigenvalue weighted by Crippen LogP contribution is 1.74. The Labute approximate surface area is 98.3 Å². The molecule has 0 aliphatic carbocycles. The van der Waals surface area contributed by atoms with Crippen LogP contribution in [-0.2, 0) is 18.9 Å². The zero-order valence-corrected chi connectivity index (χ0v) is 9.93. The molecule has 0 aliphatic heterocycles. The Kier molecular flexibility index (Phi) is 4.06. The van der Waals surface area contributed by atoms with E-state index in [1.54, 1.807) is 26.2 Å². The highest BCUT2D eigenvalue weighted by molar-refractivity contribution is 5.88. The topological polar surface area (TPSA) is 82.1 Å². The first kappa shape index (κ1) is 13.0. The largest absolute Gasteiger partial charge is 0.340 e. The van der Waals surface area contributed by atoms with Crippen molar-refractivity contribution in [2.75, 3.05) is 6.67 Å². The number of hydrogen-bond donors (Lipinski definition) is 2. The van der Waals surface area contributed by atoms with Crippen LogP contribution in [0.5, 0.6) is 0 Å². The van der Waals surface area contributed by atoms with Gasteiger partial charge in [-0.3, -0.25) is 13.9 Å². The van der Waals surface area contributed by atoms with Gasteiger partial charge in [-0.05, 0) is 6.08 Å². The maximum absolute atomic E-state index is 11.6. The zero-order valence-electron chi connectivity index (χ0n) is 9.93. The Morgan fingerprint density at radius 2 is 2.12 bits per heavy atom. The van der Waals surface area contributed by atoms with E-state index in [9.17, 15) is 9.59 Å². The first-order valence-corrected chi connectivity index (χ1v) is 5.06. The molecular formula is C11H16N4O2. The van der Waals surface area contributed by atoms with Crippen LogP contribution >= 0.6 is 0 Å². The molecule has 0 saturated heterocycles. The molecule has 0 bridgehead atoms. The third-order valence-corrected chi connectivity index (χ3v) is 2.41. The van der Waals surface area contributed by atoms with Crippen molar-refractivity contribution in [2.45, 2.75) is 0 Å². The van der Waals surface area contributed by atoms with Crippen LogP contribution < -0.4 is 27.4 Å². The molecule has 0 aliphatic rings. The van der Waals surface area contributed by atoms with Crippen LogP contribution in [0, 0.1) is 0 Å². The van der Waals surface area contributed by atoms with Crippen molar-refractivity contribution < 1.29 is 4.79 Å². The van der Waals surface area contributed by atoms with E-state index in [2.05, 4.69) is 11.9 Å². The van der Waals surface area contributed by atoms with E-state index in [4.69, 9.17) is 5.73 Å². The van der Waals surface area contributed by atoms with E-state index in [1.165, 1.54) is 15.2 Å². The first-order chi connectivity index (χ1) is 7.99. The number of nitrogens with two attached hydrogens (primary N) is 1. The number of allylic oxidation sites excluding steroid dienone is 1. The summed E-state index contributed by atoms with van der Waals surface area (Å²) in [5.74, 6) is -0.282. The second kappa shape index (κ2) is 5.31. The van der Waals surface area contributed by atoms with E-state index in [-0.39, 0.29) is 18.3 Å². The normalized spacial score (nSPS) is 12.3. The molecule has 1 amide bonds. The third kappa shape index (κ3) is 2.73. The highest BCUT2D eigenvalue weighted by Gasteiger charge is 1.99. The predicted octanol–water partition coefficient (Wildman–Crippen LogP) is -2.50. The standard InChI is InChI=1S/C11H16N4O2/c1-8-9(15(3)11(17)14(8)2)5-4-6-10(16)13-7-12/h4-6H,1,7,12H2,2-3H3,(H,13,16)/b6-4+,9-5+. The summed E-state index contributed by atoms with van der Waals surface area (Å²) in [5, 5.41) is 3.68. The Bertz CT molecular complexity index is 607. The van der Waals surface area contributed by atoms with E-state index in [0.717, 1.165) is 0 Å². The average Bonchev–Trinajstić information content (AvgIpc) is 2.47. The van der Waals surface area contributed by atoms with Gasteiger partial charge in [0.25, 0.3) is 0 Å². The van der Waals surface area contributed by atoms with Gasteiger partial charge in [-0.1, -0.05) is 12.7 Å². The van der Waals surface area contributed by atoms with Crippen LogP contribution in [-0.4, -0.2) is 21.7 Å². The van der Waals surface area contributed by atoms with Crippen LogP contribution in [0.25, 0.3) is 12.7 Å². The van der Waals surface area contributed by atoms with Crippen LogP contribution in [0.1, 0.15) is 0 Å². The van der Waals surface area contributed by atoms with Gasteiger partial charge in [0, 0.05) is 20.2 Å². The van der Waals surface area contributed by atoms with Crippen molar-refractivity contribution in [2.24, 2.45) is 19.8 Å². The molecule has 3 N–H and O–H groups in total. The zero-order chi connectivity index (χ0) is 13.0. The molecule has 0 unspecified atom stereocenters. The summed E-state index contributed by atoms with van der Waals surface area (Å²) in [7, 11) is 3.30. The minimum absolute atomic E-state index is 0.0909. The fourth-order valence-electron chi connectivity index (χ4n) is 1.40. The van der Waals surface area contributed by atoms with Gasteiger partial charge < -0.3 is 11.1 Å². The lowest BCUT2D eigenvalue weighted by Gasteiger charge is -1.92. The van der Waals surface area contributed by atoms with Crippen molar-refractivity contribution in [1.82, 2.24) is 14.5 Å². The lowest BCUT2D eigenvalue weighted by atomic mass is 10.4. The Balaban J connectivity index is 3.11. The fraction of sp³-hybridized carbons (Fsp3) is 0.273. The number of amides is 1. The van der Waals surface area contributed by atoms with Gasteiger partial charge in [0.15, 0.2) is 0 Å². The Hall–Kier alpha value is -2.08. The van der Waals surface area contributed by atoms with Crippen LogP contribution in [0.15, 0.2) is 16.9 Å². The molecule has 6 nitrogen and oxygen atoms in total. The van der Waals surface area contributed by atoms with Crippen molar-refractivity contribution in [3.8, 4) is 0 Å². The summed E-state index contributed by atoms with van der Waals surface area (Å²) in [6.07, 6.45) is 4.54. The highest BCUT2D eigenvalue weighted by atomic mass is 16.2. The molecule has 1 rings (SSSR count). The molecule has 17 heavy (non-hydrogen) atoms. The van der Waals surface area contributed by atoms with Crippen LogP contribution in [0.3, 0.4) is 0 Å². The van der Waals surface area contributed by atoms with Crippen molar-refractivity contribution >= 4 is 18.6 Å². The van der Waals surface area contributed by atoms with Gasteiger partial charge in [-0.15, -0.1) is 0 Å². The van der Waals surface area contributed by atoms with Crippen molar-refractivity contribution in [1.29, 1.82) is 0 Å². The van der Waals surface area contributed by atoms with Gasteiger partial charge >= 0.3 is 5.69 Å². The number of rotatable bonds is 3. The number of aromatic nitrogens is 2. The second-order valence-corrected chi connectivity index (χ2v) is 3.50. The maximum atomic E-state index is 11.6. The lowest BCUT2D eigenvalue weighted by Crippen LogP contribution is -2.30. The molecule has 0 spiro atoms. The SMILES string of the molecule is C=c1/c(=C\C=C\C(=O)NCN)n(C)c(=O)n1C. The summed E-state index contributed by atoms with van der Waals surface area (Å²) in [6, 6.07) is 0.